The molecule has 0 N–H and O–H groups in total. The van der Waals surface area contributed by atoms with Crippen molar-refractivity contribution in [2.75, 3.05) is 0 Å². The average Bonchev–Trinajstić information content (AvgIpc) is 3.24. The summed E-state index contributed by atoms with van der Waals surface area (Å²) in [7, 11) is 0. The molecule has 0 aromatic heterocycles. The van der Waals surface area contributed by atoms with Crippen molar-refractivity contribution < 1.29 is 14.4 Å². The van der Waals surface area contributed by atoms with Crippen LogP contribution in [0.4, 0.5) is 5.69 Å². The summed E-state index contributed by atoms with van der Waals surface area (Å²) >= 11 is 86.4. The number of hydrogen-bond donors (Lipinski definition) is 0. The van der Waals surface area contributed by atoms with Gasteiger partial charge in [0.1, 0.15) is 19.5 Å². The summed E-state index contributed by atoms with van der Waals surface area (Å²) in [5, 5.41) is 1.03. The largest absolute Gasteiger partial charge is 0.323 e. The summed E-state index contributed by atoms with van der Waals surface area (Å²) in [5.41, 5.74) is -0.682. The standard InChI is InChI=1S/C18H2BrCl12NO4/c19-5-1-3-4(2-6(5)32(33)34)12(25)14(27)8(21)10(23)16(29,36-14)18(12,31)17(30)11(3,24)13(26)7(20)9(22)15(17,28)35-13/h1-2H/t11-,12+,13-,14-,15-,16-,17-,18+/m0/s1. The Hall–Kier alpha value is 1.98. The number of rotatable bonds is 1. The number of nitro benzene ring substituents is 1. The third kappa shape index (κ3) is 2.22. The van der Waals surface area contributed by atoms with Crippen LogP contribution in [0.1, 0.15) is 11.1 Å². The number of hydrogen-bond acceptors (Lipinski definition) is 4. The van der Waals surface area contributed by atoms with Crippen LogP contribution in [0.25, 0.3) is 0 Å². The van der Waals surface area contributed by atoms with Crippen LogP contribution in [0, 0.1) is 10.1 Å². The summed E-state index contributed by atoms with van der Waals surface area (Å²) in [6, 6.07) is 2.31. The van der Waals surface area contributed by atoms with Gasteiger partial charge in [0.2, 0.25) is 20.2 Å². The molecule has 4 aliphatic heterocycles. The Morgan fingerprint density at radius 3 is 1.36 bits per heavy atom. The number of halogens is 13. The number of ether oxygens (including phenoxy) is 2. The maximum absolute atomic E-state index is 11.9. The van der Waals surface area contributed by atoms with E-state index in [-0.39, 0.29) is 35.7 Å². The highest BCUT2D eigenvalue weighted by Gasteiger charge is 3.02. The first-order valence-corrected chi connectivity index (χ1v) is 14.6. The molecular weight excluding hydrogens is 800 g/mol. The van der Waals surface area contributed by atoms with E-state index in [4.69, 9.17) is 149 Å². The van der Waals surface area contributed by atoms with Gasteiger partial charge in [-0.3, -0.25) is 10.1 Å². The van der Waals surface area contributed by atoms with E-state index < -0.39 is 50.3 Å². The Balaban J connectivity index is 1.91. The van der Waals surface area contributed by atoms with Gasteiger partial charge in [-0.15, -0.1) is 46.4 Å². The van der Waals surface area contributed by atoms with E-state index in [2.05, 4.69) is 15.9 Å². The lowest BCUT2D eigenvalue weighted by atomic mass is 9.55. The van der Waals surface area contributed by atoms with E-state index in [0.29, 0.717) is 0 Å². The van der Waals surface area contributed by atoms with Crippen molar-refractivity contribution in [3.8, 4) is 0 Å². The zero-order valence-electron chi connectivity index (χ0n) is 16.1. The molecule has 8 atom stereocenters. The summed E-state index contributed by atoms with van der Waals surface area (Å²) < 4.78 is 11.8. The molecule has 0 radical (unpaired) electrons. The van der Waals surface area contributed by atoms with Crippen LogP contribution in [-0.2, 0) is 19.2 Å². The minimum absolute atomic E-state index is 0.0431. The fourth-order valence-electron chi connectivity index (χ4n) is 5.81. The lowest BCUT2D eigenvalue weighted by Crippen LogP contribution is -2.80. The van der Waals surface area contributed by atoms with Gasteiger partial charge in [0.15, 0.2) is 0 Å². The maximum Gasteiger partial charge on any atom is 0.283 e. The minimum atomic E-state index is -2.53. The summed E-state index contributed by atoms with van der Waals surface area (Å²) in [4.78, 5) is 1.56. The van der Waals surface area contributed by atoms with E-state index in [9.17, 15) is 10.1 Å². The molecule has 2 fully saturated rings. The van der Waals surface area contributed by atoms with Crippen LogP contribution in [0.15, 0.2) is 36.7 Å². The van der Waals surface area contributed by atoms with Gasteiger partial charge in [0.25, 0.3) is 5.69 Å². The van der Waals surface area contributed by atoms with Crippen molar-refractivity contribution in [1.82, 2.24) is 0 Å². The molecule has 2 saturated heterocycles. The van der Waals surface area contributed by atoms with Gasteiger partial charge in [-0.1, -0.05) is 92.8 Å². The van der Waals surface area contributed by atoms with Crippen LogP contribution < -0.4 is 0 Å². The monoisotopic (exact) mass is 795 g/mol. The second kappa shape index (κ2) is 7.30. The van der Waals surface area contributed by atoms with Crippen molar-refractivity contribution in [2.24, 2.45) is 0 Å². The molecule has 1 aromatic carbocycles. The molecule has 0 amide bonds. The van der Waals surface area contributed by atoms with Crippen LogP contribution in [0.5, 0.6) is 0 Å². The second-order valence-corrected chi connectivity index (χ2v) is 15.3. The Morgan fingerprint density at radius 1 is 0.667 bits per heavy atom. The molecule has 18 heteroatoms. The van der Waals surface area contributed by atoms with E-state index in [1.807, 2.05) is 0 Å². The highest BCUT2D eigenvalue weighted by Crippen LogP contribution is 2.90. The summed E-state index contributed by atoms with van der Waals surface area (Å²) in [6.07, 6.45) is 0. The molecule has 36 heavy (non-hydrogen) atoms. The van der Waals surface area contributed by atoms with Crippen molar-refractivity contribution in [3.05, 3.63) is 58.0 Å². The average molecular weight is 802 g/mol. The molecule has 5 aliphatic rings. The van der Waals surface area contributed by atoms with Gasteiger partial charge in [-0.25, -0.2) is 0 Å². The zero-order chi connectivity index (χ0) is 27.0. The van der Waals surface area contributed by atoms with Gasteiger partial charge < -0.3 is 9.47 Å². The van der Waals surface area contributed by atoms with Crippen molar-refractivity contribution >= 4 is 161 Å². The number of nitrogens with zero attached hydrogens (tertiary/aromatic N) is 1. The maximum atomic E-state index is 11.9. The number of alkyl halides is 8. The van der Waals surface area contributed by atoms with Gasteiger partial charge in [0.05, 0.1) is 29.5 Å². The molecule has 0 spiro atoms. The van der Waals surface area contributed by atoms with Gasteiger partial charge in [-0.2, -0.15) is 0 Å². The Labute approximate surface area is 270 Å². The van der Waals surface area contributed by atoms with Gasteiger partial charge >= 0.3 is 0 Å². The lowest BCUT2D eigenvalue weighted by molar-refractivity contribution is -0.385. The van der Waals surface area contributed by atoms with Crippen molar-refractivity contribution in [3.63, 3.8) is 0 Å². The van der Waals surface area contributed by atoms with Gasteiger partial charge in [0, 0.05) is 6.07 Å². The first-order chi connectivity index (χ1) is 16.2. The van der Waals surface area contributed by atoms with Crippen molar-refractivity contribution in [1.29, 1.82) is 0 Å². The Morgan fingerprint density at radius 2 is 1.00 bits per heavy atom. The highest BCUT2D eigenvalue weighted by molar-refractivity contribution is 9.10. The molecule has 4 heterocycles. The van der Waals surface area contributed by atoms with Crippen molar-refractivity contribution in [2.45, 2.75) is 39.7 Å². The first kappa shape index (κ1) is 28.1. The first-order valence-electron chi connectivity index (χ1n) is 9.27. The quantitative estimate of drug-likeness (QED) is 0.161. The number of benzene rings is 1. The van der Waals surface area contributed by atoms with E-state index in [0.717, 1.165) is 6.07 Å². The molecule has 0 saturated carbocycles. The molecule has 4 bridgehead atoms. The van der Waals surface area contributed by atoms with E-state index in [1.165, 1.54) is 6.07 Å². The fourth-order valence-corrected chi connectivity index (χ4v) is 12.7. The zero-order valence-corrected chi connectivity index (χ0v) is 26.8. The predicted octanol–water partition coefficient (Wildman–Crippen LogP) is 9.40. The summed E-state index contributed by atoms with van der Waals surface area (Å²) in [5.74, 6) is 0. The molecule has 0 unspecified atom stereocenters. The second-order valence-electron chi connectivity index (χ2n) is 8.58. The molecular formula is C18H2BrCl12NO4. The lowest BCUT2D eigenvalue weighted by Gasteiger charge is -2.64. The van der Waals surface area contributed by atoms with Crippen LogP contribution in [-0.4, -0.2) is 34.9 Å². The fraction of sp³-hybridized carbons (Fsp3) is 0.444. The number of nitro groups is 1. The van der Waals surface area contributed by atoms with Crippen LogP contribution in [0.2, 0.25) is 0 Å². The van der Waals surface area contributed by atoms with Crippen LogP contribution >= 0.6 is 155 Å². The predicted molar refractivity (Wildman–Crippen MR) is 147 cm³/mol. The van der Waals surface area contributed by atoms with E-state index >= 15 is 0 Å². The van der Waals surface area contributed by atoms with Gasteiger partial charge in [-0.05, 0) is 33.1 Å². The molecule has 1 aliphatic carbocycles. The molecule has 6 rings (SSSR count). The topological polar surface area (TPSA) is 61.6 Å². The normalized spacial score (nSPS) is 52.1. The highest BCUT2D eigenvalue weighted by atomic mass is 79.9. The SMILES string of the molecule is O=[N+]([O-])c1cc2c(cc1Br)[C@@]1(Cl)[C@@](Cl)([C@@]3(Cl)[C@]2(Cl)[C@@]2(Cl)O[C@@]3(Cl)C(Cl)=C2Cl)[C@@]2(Cl)O[C@@]1(Cl)C(Cl)=C2Cl. The minimum Gasteiger partial charge on any atom is -0.323 e. The van der Waals surface area contributed by atoms with E-state index in [1.54, 1.807) is 0 Å². The number of fused-ring (bicyclic) bond motifs is 14. The Bertz CT molecular complexity index is 1440. The summed E-state index contributed by atoms with van der Waals surface area (Å²) in [6.45, 7) is 0. The smallest absolute Gasteiger partial charge is 0.283 e. The third-order valence-electron chi connectivity index (χ3n) is 7.30. The molecule has 1 aromatic rings. The molecule has 5 nitrogen and oxygen atoms in total. The Kier molecular flexibility index (Phi) is 5.70. The molecule has 194 valence electrons. The third-order valence-corrected chi connectivity index (χ3v) is 16.4. The van der Waals surface area contributed by atoms with Crippen LogP contribution in [0.3, 0.4) is 0 Å².